The molecule has 0 radical (unpaired) electrons. The molecule has 4 rings (SSSR count). The Morgan fingerprint density at radius 1 is 1.12 bits per heavy atom. The van der Waals surface area contributed by atoms with Crippen molar-refractivity contribution in [2.24, 2.45) is 0 Å². The lowest BCUT2D eigenvalue weighted by Crippen LogP contribution is -1.95. The van der Waals surface area contributed by atoms with Crippen LogP contribution >= 0.6 is 34.4 Å². The van der Waals surface area contributed by atoms with Crippen LogP contribution in [0.1, 0.15) is 17.1 Å². The van der Waals surface area contributed by atoms with E-state index < -0.39 is 0 Å². The van der Waals surface area contributed by atoms with E-state index >= 15 is 0 Å². The SMILES string of the molecule is Cc1ccc(OCc2nnc(SCc3csc(-c4cccs4)n3)o2)cc1. The molecule has 0 saturated heterocycles. The average Bonchev–Trinajstić information content (AvgIpc) is 3.40. The molecule has 3 aromatic heterocycles. The summed E-state index contributed by atoms with van der Waals surface area (Å²) >= 11 is 4.83. The highest BCUT2D eigenvalue weighted by molar-refractivity contribution is 7.98. The number of hydrogen-bond acceptors (Lipinski definition) is 8. The van der Waals surface area contributed by atoms with Crippen LogP contribution in [0.15, 0.2) is 56.8 Å². The van der Waals surface area contributed by atoms with Crippen molar-refractivity contribution >= 4 is 34.4 Å². The number of nitrogens with zero attached hydrogens (tertiary/aromatic N) is 3. The quantitative estimate of drug-likeness (QED) is 0.385. The van der Waals surface area contributed by atoms with Crippen LogP contribution in [0, 0.1) is 6.92 Å². The highest BCUT2D eigenvalue weighted by Crippen LogP contribution is 2.30. The van der Waals surface area contributed by atoms with Gasteiger partial charge in [-0.05, 0) is 30.5 Å². The molecule has 26 heavy (non-hydrogen) atoms. The average molecular weight is 402 g/mol. The van der Waals surface area contributed by atoms with Crippen LogP contribution in [0.25, 0.3) is 9.88 Å². The minimum Gasteiger partial charge on any atom is -0.484 e. The Hall–Kier alpha value is -2.16. The van der Waals surface area contributed by atoms with E-state index in [1.165, 1.54) is 22.2 Å². The van der Waals surface area contributed by atoms with Gasteiger partial charge < -0.3 is 9.15 Å². The molecule has 0 fully saturated rings. The van der Waals surface area contributed by atoms with Gasteiger partial charge in [0, 0.05) is 11.1 Å². The van der Waals surface area contributed by atoms with Crippen molar-refractivity contribution in [1.82, 2.24) is 15.2 Å². The first-order chi connectivity index (χ1) is 12.8. The van der Waals surface area contributed by atoms with E-state index in [0.717, 1.165) is 16.5 Å². The summed E-state index contributed by atoms with van der Waals surface area (Å²) in [6, 6.07) is 12.0. The van der Waals surface area contributed by atoms with Gasteiger partial charge in [0.25, 0.3) is 11.1 Å². The molecule has 0 aliphatic heterocycles. The van der Waals surface area contributed by atoms with Gasteiger partial charge in [0.15, 0.2) is 6.61 Å². The predicted octanol–water partition coefficient (Wildman–Crippen LogP) is 5.43. The smallest absolute Gasteiger partial charge is 0.277 e. The lowest BCUT2D eigenvalue weighted by molar-refractivity contribution is 0.252. The number of thioether (sulfide) groups is 1. The molecule has 8 heteroatoms. The van der Waals surface area contributed by atoms with Gasteiger partial charge in [0.2, 0.25) is 0 Å². The molecule has 0 unspecified atom stereocenters. The standard InChI is InChI=1S/C18H15N3O2S3/c1-12-4-6-14(7-5-12)22-9-16-20-21-18(23-16)26-11-13-10-25-17(19-13)15-3-2-8-24-15/h2-8,10H,9,11H2,1H3. The highest BCUT2D eigenvalue weighted by Gasteiger charge is 2.10. The summed E-state index contributed by atoms with van der Waals surface area (Å²) in [4.78, 5) is 5.85. The lowest BCUT2D eigenvalue weighted by Gasteiger charge is -2.02. The summed E-state index contributed by atoms with van der Waals surface area (Å²) < 4.78 is 11.3. The molecule has 132 valence electrons. The van der Waals surface area contributed by atoms with E-state index in [9.17, 15) is 0 Å². The number of benzene rings is 1. The van der Waals surface area contributed by atoms with Crippen LogP contribution in [0.4, 0.5) is 0 Å². The molecule has 5 nitrogen and oxygen atoms in total. The summed E-state index contributed by atoms with van der Waals surface area (Å²) in [6.45, 7) is 2.30. The summed E-state index contributed by atoms with van der Waals surface area (Å²) in [5, 5.41) is 13.8. The first-order valence-corrected chi connectivity index (χ1v) is 10.6. The van der Waals surface area contributed by atoms with Crippen molar-refractivity contribution in [2.45, 2.75) is 24.5 Å². The van der Waals surface area contributed by atoms with Crippen molar-refractivity contribution in [2.75, 3.05) is 0 Å². The first-order valence-electron chi connectivity index (χ1n) is 7.89. The van der Waals surface area contributed by atoms with Gasteiger partial charge in [0.1, 0.15) is 10.8 Å². The molecule has 0 N–H and O–H groups in total. The Morgan fingerprint density at radius 2 is 2.00 bits per heavy atom. The van der Waals surface area contributed by atoms with E-state index in [0.29, 0.717) is 16.9 Å². The number of hydrogen-bond donors (Lipinski definition) is 0. The Kier molecular flexibility index (Phi) is 5.33. The fraction of sp³-hybridized carbons (Fsp3) is 0.167. The van der Waals surface area contributed by atoms with Crippen LogP contribution in [0.3, 0.4) is 0 Å². The number of aryl methyl sites for hydroxylation is 1. The van der Waals surface area contributed by atoms with Crippen molar-refractivity contribution in [3.05, 3.63) is 64.3 Å². The third kappa shape index (κ3) is 4.32. The molecule has 0 spiro atoms. The summed E-state index contributed by atoms with van der Waals surface area (Å²) in [5.41, 5.74) is 2.21. The fourth-order valence-electron chi connectivity index (χ4n) is 2.16. The van der Waals surface area contributed by atoms with Crippen LogP contribution in [-0.2, 0) is 12.4 Å². The maximum Gasteiger partial charge on any atom is 0.277 e. The van der Waals surface area contributed by atoms with Gasteiger partial charge in [-0.1, -0.05) is 35.5 Å². The van der Waals surface area contributed by atoms with E-state index in [1.54, 1.807) is 22.7 Å². The van der Waals surface area contributed by atoms with Crippen molar-refractivity contribution in [1.29, 1.82) is 0 Å². The largest absolute Gasteiger partial charge is 0.484 e. The van der Waals surface area contributed by atoms with Gasteiger partial charge >= 0.3 is 0 Å². The molecule has 0 aliphatic carbocycles. The molecule has 0 amide bonds. The summed E-state index contributed by atoms with van der Waals surface area (Å²) in [6.07, 6.45) is 0. The van der Waals surface area contributed by atoms with E-state index in [4.69, 9.17) is 9.15 Å². The molecule has 0 aliphatic rings. The van der Waals surface area contributed by atoms with Crippen molar-refractivity contribution in [3.8, 4) is 15.6 Å². The zero-order valence-electron chi connectivity index (χ0n) is 13.9. The van der Waals surface area contributed by atoms with Gasteiger partial charge in [-0.3, -0.25) is 0 Å². The third-order valence-corrected chi connectivity index (χ3v) is 6.24. The van der Waals surface area contributed by atoms with Gasteiger partial charge in [-0.2, -0.15) is 0 Å². The number of thiazole rings is 1. The molecule has 4 aromatic rings. The number of aromatic nitrogens is 3. The molecule has 3 heterocycles. The topological polar surface area (TPSA) is 61.0 Å². The minimum atomic E-state index is 0.260. The van der Waals surface area contributed by atoms with Gasteiger partial charge in [0.05, 0.1) is 10.6 Å². The second-order valence-corrected chi connectivity index (χ2v) is 8.21. The number of rotatable bonds is 7. The molecular weight excluding hydrogens is 386 g/mol. The summed E-state index contributed by atoms with van der Waals surface area (Å²) in [5.74, 6) is 1.94. The van der Waals surface area contributed by atoms with Crippen molar-refractivity contribution < 1.29 is 9.15 Å². The second-order valence-electron chi connectivity index (χ2n) is 5.47. The second kappa shape index (κ2) is 8.03. The van der Waals surface area contributed by atoms with Gasteiger partial charge in [-0.25, -0.2) is 4.98 Å². The van der Waals surface area contributed by atoms with Crippen LogP contribution in [-0.4, -0.2) is 15.2 Å². The first kappa shape index (κ1) is 17.3. The molecule has 0 bridgehead atoms. The Balaban J connectivity index is 1.30. The lowest BCUT2D eigenvalue weighted by atomic mass is 10.2. The van der Waals surface area contributed by atoms with E-state index in [1.807, 2.05) is 37.3 Å². The van der Waals surface area contributed by atoms with E-state index in [-0.39, 0.29) is 6.61 Å². The van der Waals surface area contributed by atoms with Crippen LogP contribution < -0.4 is 4.74 Å². The third-order valence-electron chi connectivity index (χ3n) is 3.46. The fourth-order valence-corrected chi connectivity index (χ4v) is 4.57. The molecule has 1 aromatic carbocycles. The molecule has 0 saturated carbocycles. The zero-order valence-corrected chi connectivity index (χ0v) is 16.4. The van der Waals surface area contributed by atoms with Gasteiger partial charge in [-0.15, -0.1) is 32.9 Å². The predicted molar refractivity (Wildman–Crippen MR) is 105 cm³/mol. The van der Waals surface area contributed by atoms with Crippen LogP contribution in [0.5, 0.6) is 5.75 Å². The Labute approximate surface area is 163 Å². The number of thiophene rings is 1. The van der Waals surface area contributed by atoms with Crippen molar-refractivity contribution in [3.63, 3.8) is 0 Å². The molecular formula is C18H15N3O2S3. The monoisotopic (exact) mass is 401 g/mol. The summed E-state index contributed by atoms with van der Waals surface area (Å²) in [7, 11) is 0. The van der Waals surface area contributed by atoms with Crippen LogP contribution in [0.2, 0.25) is 0 Å². The Bertz CT molecular complexity index is 962. The number of ether oxygens (including phenoxy) is 1. The Morgan fingerprint density at radius 3 is 2.81 bits per heavy atom. The zero-order chi connectivity index (χ0) is 17.8. The normalized spacial score (nSPS) is 11.0. The minimum absolute atomic E-state index is 0.260. The van der Waals surface area contributed by atoms with E-state index in [2.05, 4.69) is 32.0 Å². The highest BCUT2D eigenvalue weighted by atomic mass is 32.2. The maximum absolute atomic E-state index is 5.65. The maximum atomic E-state index is 5.65. The molecule has 0 atom stereocenters.